The number of nitrogens with two attached hydrogens (primary N) is 1. The van der Waals surface area contributed by atoms with Crippen LogP contribution in [0, 0.1) is 13.3 Å². The maximum atomic E-state index is 5.28. The third kappa shape index (κ3) is 5.96. The van der Waals surface area contributed by atoms with Crippen LogP contribution in [0.3, 0.4) is 0 Å². The molecule has 0 aliphatic rings. The molecule has 0 atom stereocenters. The van der Waals surface area contributed by atoms with Crippen LogP contribution in [0.5, 0.6) is 0 Å². The summed E-state index contributed by atoms with van der Waals surface area (Å²) >= 11 is 0. The Morgan fingerprint density at radius 2 is 2.12 bits per heavy atom. The maximum Gasteiger partial charge on any atom is -0.00772 e. The lowest BCUT2D eigenvalue weighted by atomic mass is 10.2. The van der Waals surface area contributed by atoms with E-state index >= 15 is 0 Å². The van der Waals surface area contributed by atoms with Crippen molar-refractivity contribution < 1.29 is 0 Å². The average Bonchev–Trinajstić information content (AvgIpc) is 1.81. The summed E-state index contributed by atoms with van der Waals surface area (Å²) in [5.41, 5.74) is 5.28. The summed E-state index contributed by atoms with van der Waals surface area (Å²) in [6.07, 6.45) is 6.69. The molecule has 0 heterocycles. The summed E-state index contributed by atoms with van der Waals surface area (Å²) in [5.74, 6) is 0. The van der Waals surface area contributed by atoms with Crippen molar-refractivity contribution in [2.45, 2.75) is 25.7 Å². The lowest BCUT2D eigenvalue weighted by Gasteiger charge is -1.93. The molecule has 1 heteroatoms. The van der Waals surface area contributed by atoms with Gasteiger partial charge in [-0.15, -0.1) is 0 Å². The lowest BCUT2D eigenvalue weighted by Crippen LogP contribution is -1.97. The number of unbranched alkanes of at least 4 members (excludes halogenated alkanes) is 4. The van der Waals surface area contributed by atoms with Gasteiger partial charge in [-0.3, -0.25) is 0 Å². The molecule has 0 aromatic rings. The highest BCUT2D eigenvalue weighted by atomic mass is 14.5. The first-order valence-electron chi connectivity index (χ1n) is 3.22. The quantitative estimate of drug-likeness (QED) is 0.538. The Balaban J connectivity index is 2.53. The van der Waals surface area contributed by atoms with Gasteiger partial charge in [0.2, 0.25) is 0 Å². The zero-order chi connectivity index (χ0) is 6.24. The van der Waals surface area contributed by atoms with Gasteiger partial charge in [0.25, 0.3) is 0 Å². The first kappa shape index (κ1) is 7.96. The molecule has 0 rings (SSSR count). The van der Waals surface area contributed by atoms with Crippen molar-refractivity contribution in [3.63, 3.8) is 0 Å². The molecule has 0 unspecified atom stereocenters. The van der Waals surface area contributed by atoms with Crippen LogP contribution in [-0.4, -0.2) is 6.54 Å². The molecule has 1 nitrogen and oxygen atoms in total. The molecular formula is C7H15N. The molecule has 0 saturated carbocycles. The van der Waals surface area contributed by atoms with Crippen LogP contribution in [0.25, 0.3) is 0 Å². The second-order valence-electron chi connectivity index (χ2n) is 1.86. The molecule has 2 radical (unpaired) electrons. The van der Waals surface area contributed by atoms with Crippen molar-refractivity contribution in [3.8, 4) is 0 Å². The molecule has 8 heavy (non-hydrogen) atoms. The molecule has 2 N–H and O–H groups in total. The third-order valence-electron chi connectivity index (χ3n) is 1.02. The number of hydrogen-bond acceptors (Lipinski definition) is 1. The predicted molar refractivity (Wildman–Crippen MR) is 37.2 cm³/mol. The van der Waals surface area contributed by atoms with Crippen molar-refractivity contribution >= 4 is 0 Å². The van der Waals surface area contributed by atoms with E-state index in [1.165, 1.54) is 0 Å². The molecular weight excluding hydrogens is 98.1 g/mol. The minimum Gasteiger partial charge on any atom is -0.330 e. The van der Waals surface area contributed by atoms with Crippen LogP contribution in [0.2, 0.25) is 0 Å². The standard InChI is InChI=1S/C7H15N/c1-2-3-4-5-6-7-8/h4H,1-3,5-8H2. The van der Waals surface area contributed by atoms with Crippen LogP contribution in [0.15, 0.2) is 0 Å². The highest BCUT2D eigenvalue weighted by Gasteiger charge is 1.84. The normalized spacial score (nSPS) is 9.75. The first-order valence-corrected chi connectivity index (χ1v) is 3.22. The van der Waals surface area contributed by atoms with Crippen LogP contribution in [0.4, 0.5) is 0 Å². The summed E-state index contributed by atoms with van der Waals surface area (Å²) in [6.45, 7) is 4.53. The van der Waals surface area contributed by atoms with Crippen LogP contribution < -0.4 is 5.73 Å². The van der Waals surface area contributed by atoms with Gasteiger partial charge in [0, 0.05) is 0 Å². The Morgan fingerprint density at radius 1 is 1.38 bits per heavy atom. The molecule has 0 aromatic heterocycles. The van der Waals surface area contributed by atoms with Gasteiger partial charge in [-0.2, -0.15) is 0 Å². The highest BCUT2D eigenvalue weighted by molar-refractivity contribution is 4.64. The van der Waals surface area contributed by atoms with Gasteiger partial charge in [0.05, 0.1) is 0 Å². The summed E-state index contributed by atoms with van der Waals surface area (Å²) < 4.78 is 0. The molecule has 0 aromatic carbocycles. The molecule has 0 bridgehead atoms. The van der Waals surface area contributed by atoms with Crippen molar-refractivity contribution in [2.75, 3.05) is 6.54 Å². The second kappa shape index (κ2) is 6.96. The minimum absolute atomic E-state index is 0.813. The Morgan fingerprint density at radius 3 is 2.62 bits per heavy atom. The van der Waals surface area contributed by atoms with E-state index in [9.17, 15) is 0 Å². The van der Waals surface area contributed by atoms with Crippen molar-refractivity contribution in [3.05, 3.63) is 13.3 Å². The SMILES string of the molecule is [CH2]CC[CH]CCCN. The zero-order valence-corrected chi connectivity index (χ0v) is 5.40. The number of rotatable bonds is 5. The van der Waals surface area contributed by atoms with E-state index in [0.717, 1.165) is 32.2 Å². The van der Waals surface area contributed by atoms with Crippen LogP contribution >= 0.6 is 0 Å². The monoisotopic (exact) mass is 113 g/mol. The van der Waals surface area contributed by atoms with Crippen molar-refractivity contribution in [1.29, 1.82) is 0 Å². The summed E-state index contributed by atoms with van der Waals surface area (Å²) in [7, 11) is 0. The Kier molecular flexibility index (Phi) is 6.93. The Labute approximate surface area is 52.3 Å². The molecule has 0 spiro atoms. The summed E-state index contributed by atoms with van der Waals surface area (Å²) in [4.78, 5) is 0. The first-order chi connectivity index (χ1) is 3.91. The van der Waals surface area contributed by atoms with E-state index < -0.39 is 0 Å². The zero-order valence-electron chi connectivity index (χ0n) is 5.40. The number of hydrogen-bond donors (Lipinski definition) is 1. The predicted octanol–water partition coefficient (Wildman–Crippen LogP) is 1.54. The topological polar surface area (TPSA) is 26.0 Å². The molecule has 48 valence electrons. The van der Waals surface area contributed by atoms with Gasteiger partial charge in [-0.1, -0.05) is 19.8 Å². The molecule has 0 aliphatic carbocycles. The minimum atomic E-state index is 0.813. The van der Waals surface area contributed by atoms with Crippen molar-refractivity contribution in [2.24, 2.45) is 5.73 Å². The summed E-state index contributed by atoms with van der Waals surface area (Å²) in [5, 5.41) is 0. The van der Waals surface area contributed by atoms with Gasteiger partial charge in [0.1, 0.15) is 0 Å². The van der Waals surface area contributed by atoms with E-state index in [0.29, 0.717) is 0 Å². The average molecular weight is 113 g/mol. The van der Waals surface area contributed by atoms with Crippen LogP contribution in [-0.2, 0) is 0 Å². The maximum absolute atomic E-state index is 5.28. The van der Waals surface area contributed by atoms with E-state index in [1.807, 2.05) is 0 Å². The Hall–Kier alpha value is -0.0400. The lowest BCUT2D eigenvalue weighted by molar-refractivity contribution is 0.774. The van der Waals surface area contributed by atoms with E-state index in [2.05, 4.69) is 13.3 Å². The largest absolute Gasteiger partial charge is 0.330 e. The van der Waals surface area contributed by atoms with Gasteiger partial charge in [0.15, 0.2) is 0 Å². The van der Waals surface area contributed by atoms with Gasteiger partial charge >= 0.3 is 0 Å². The fourth-order valence-electron chi connectivity index (χ4n) is 0.551. The van der Waals surface area contributed by atoms with Gasteiger partial charge in [-0.05, 0) is 25.8 Å². The highest BCUT2D eigenvalue weighted by Crippen LogP contribution is 1.98. The Bertz CT molecular complexity index is 29.4. The smallest absolute Gasteiger partial charge is 0.00772 e. The molecule has 0 aliphatic heterocycles. The molecule has 0 saturated heterocycles. The fourth-order valence-corrected chi connectivity index (χ4v) is 0.551. The van der Waals surface area contributed by atoms with Gasteiger partial charge in [-0.25, -0.2) is 0 Å². The van der Waals surface area contributed by atoms with E-state index in [1.54, 1.807) is 0 Å². The van der Waals surface area contributed by atoms with Crippen molar-refractivity contribution in [1.82, 2.24) is 0 Å². The van der Waals surface area contributed by atoms with E-state index in [-0.39, 0.29) is 0 Å². The third-order valence-corrected chi connectivity index (χ3v) is 1.02. The fraction of sp³-hybridized carbons (Fsp3) is 0.714. The van der Waals surface area contributed by atoms with E-state index in [4.69, 9.17) is 5.73 Å². The molecule has 0 fully saturated rings. The molecule has 0 amide bonds. The summed E-state index contributed by atoms with van der Waals surface area (Å²) in [6, 6.07) is 0. The second-order valence-corrected chi connectivity index (χ2v) is 1.86. The van der Waals surface area contributed by atoms with Gasteiger partial charge < -0.3 is 5.73 Å². The van der Waals surface area contributed by atoms with Crippen LogP contribution in [0.1, 0.15) is 25.7 Å².